The standard InChI is InChI=1S/C13H10BrNO6/c1-7-4-9(21-12(7)13(16)17)6-20-11-5-8(15(18)19)2-3-10(11)14/h2-5H,6H2,1H3,(H,16,17). The van der Waals surface area contributed by atoms with Crippen LogP contribution in [0.5, 0.6) is 5.75 Å². The second-order valence-electron chi connectivity index (χ2n) is 4.19. The molecule has 0 amide bonds. The molecule has 1 aromatic carbocycles. The molecule has 1 heterocycles. The number of rotatable bonds is 5. The minimum atomic E-state index is -1.16. The van der Waals surface area contributed by atoms with Gasteiger partial charge in [0, 0.05) is 11.6 Å². The van der Waals surface area contributed by atoms with Crippen molar-refractivity contribution < 1.29 is 24.0 Å². The van der Waals surface area contributed by atoms with Gasteiger partial charge in [-0.3, -0.25) is 10.1 Å². The molecule has 0 bridgehead atoms. The van der Waals surface area contributed by atoms with E-state index in [2.05, 4.69) is 15.9 Å². The quantitative estimate of drug-likeness (QED) is 0.649. The average Bonchev–Trinajstić information content (AvgIpc) is 2.79. The van der Waals surface area contributed by atoms with Gasteiger partial charge in [-0.2, -0.15) is 0 Å². The van der Waals surface area contributed by atoms with Crippen LogP contribution in [0.1, 0.15) is 21.9 Å². The van der Waals surface area contributed by atoms with Gasteiger partial charge in [0.1, 0.15) is 18.1 Å². The van der Waals surface area contributed by atoms with Crippen LogP contribution in [0, 0.1) is 17.0 Å². The molecule has 7 nitrogen and oxygen atoms in total. The molecule has 0 atom stereocenters. The van der Waals surface area contributed by atoms with E-state index >= 15 is 0 Å². The fraction of sp³-hybridized carbons (Fsp3) is 0.154. The van der Waals surface area contributed by atoms with Crippen LogP contribution in [-0.2, 0) is 6.61 Å². The molecule has 0 spiro atoms. The van der Waals surface area contributed by atoms with Gasteiger partial charge in [0.05, 0.1) is 15.5 Å². The summed E-state index contributed by atoms with van der Waals surface area (Å²) in [5.41, 5.74) is 0.384. The van der Waals surface area contributed by atoms with E-state index in [0.29, 0.717) is 15.8 Å². The Hall–Kier alpha value is -2.35. The Morgan fingerprint density at radius 1 is 1.48 bits per heavy atom. The summed E-state index contributed by atoms with van der Waals surface area (Å²) in [7, 11) is 0. The highest BCUT2D eigenvalue weighted by molar-refractivity contribution is 9.10. The second kappa shape index (κ2) is 5.96. The van der Waals surface area contributed by atoms with Crippen molar-refractivity contribution in [1.82, 2.24) is 0 Å². The highest BCUT2D eigenvalue weighted by atomic mass is 79.9. The normalized spacial score (nSPS) is 10.4. The second-order valence-corrected chi connectivity index (χ2v) is 5.04. The largest absolute Gasteiger partial charge is 0.484 e. The van der Waals surface area contributed by atoms with Gasteiger partial charge in [-0.05, 0) is 35.0 Å². The predicted molar refractivity (Wildman–Crippen MR) is 75.5 cm³/mol. The first-order chi connectivity index (χ1) is 9.88. The Balaban J connectivity index is 2.16. The molecule has 0 saturated carbocycles. The third-order valence-corrected chi connectivity index (χ3v) is 3.31. The highest BCUT2D eigenvalue weighted by Crippen LogP contribution is 2.30. The van der Waals surface area contributed by atoms with Gasteiger partial charge >= 0.3 is 5.97 Å². The lowest BCUT2D eigenvalue weighted by molar-refractivity contribution is -0.385. The molecular weight excluding hydrogens is 346 g/mol. The monoisotopic (exact) mass is 355 g/mol. The Morgan fingerprint density at radius 3 is 2.76 bits per heavy atom. The van der Waals surface area contributed by atoms with Crippen LogP contribution in [0.2, 0.25) is 0 Å². The number of carbonyl (C=O) groups is 1. The number of hydrogen-bond donors (Lipinski definition) is 1. The van der Waals surface area contributed by atoms with E-state index in [1.807, 2.05) is 0 Å². The van der Waals surface area contributed by atoms with Crippen LogP contribution in [0.15, 0.2) is 33.2 Å². The van der Waals surface area contributed by atoms with Gasteiger partial charge in [0.25, 0.3) is 5.69 Å². The van der Waals surface area contributed by atoms with E-state index in [4.69, 9.17) is 14.3 Å². The van der Waals surface area contributed by atoms with E-state index in [-0.39, 0.29) is 23.8 Å². The number of nitrogens with zero attached hydrogens (tertiary/aromatic N) is 1. The Bertz CT molecular complexity index is 709. The minimum Gasteiger partial charge on any atom is -0.484 e. The molecule has 0 aliphatic carbocycles. The lowest BCUT2D eigenvalue weighted by Crippen LogP contribution is -1.97. The topological polar surface area (TPSA) is 103 Å². The summed E-state index contributed by atoms with van der Waals surface area (Å²) in [6.45, 7) is 1.58. The van der Waals surface area contributed by atoms with Crippen molar-refractivity contribution in [3.05, 3.63) is 55.9 Å². The maximum Gasteiger partial charge on any atom is 0.372 e. The molecule has 2 aromatic rings. The molecule has 21 heavy (non-hydrogen) atoms. The van der Waals surface area contributed by atoms with Crippen molar-refractivity contribution >= 4 is 27.6 Å². The number of nitro benzene ring substituents is 1. The fourth-order valence-electron chi connectivity index (χ4n) is 1.70. The van der Waals surface area contributed by atoms with Crippen LogP contribution in [0.4, 0.5) is 5.69 Å². The molecule has 8 heteroatoms. The van der Waals surface area contributed by atoms with Crippen molar-refractivity contribution in [2.45, 2.75) is 13.5 Å². The molecule has 0 aliphatic rings. The molecule has 0 radical (unpaired) electrons. The molecule has 0 saturated heterocycles. The summed E-state index contributed by atoms with van der Waals surface area (Å²) in [6.07, 6.45) is 0. The van der Waals surface area contributed by atoms with Crippen molar-refractivity contribution in [3.8, 4) is 5.75 Å². The van der Waals surface area contributed by atoms with Crippen molar-refractivity contribution in [2.24, 2.45) is 0 Å². The first-order valence-electron chi connectivity index (χ1n) is 5.78. The molecule has 0 fully saturated rings. The number of hydrogen-bond acceptors (Lipinski definition) is 5. The van der Waals surface area contributed by atoms with Crippen LogP contribution in [-0.4, -0.2) is 16.0 Å². The predicted octanol–water partition coefficient (Wildman–Crippen LogP) is 3.54. The third kappa shape index (κ3) is 3.40. The molecular formula is C13H10BrNO6. The Labute approximate surface area is 127 Å². The lowest BCUT2D eigenvalue weighted by Gasteiger charge is -2.06. The summed E-state index contributed by atoms with van der Waals surface area (Å²) in [5, 5.41) is 19.6. The molecule has 1 aromatic heterocycles. The number of ether oxygens (including phenoxy) is 1. The van der Waals surface area contributed by atoms with E-state index in [1.54, 1.807) is 13.0 Å². The van der Waals surface area contributed by atoms with Crippen LogP contribution >= 0.6 is 15.9 Å². The Kier molecular flexibility index (Phi) is 4.27. The molecule has 2 rings (SSSR count). The number of benzene rings is 1. The molecule has 1 N–H and O–H groups in total. The number of aryl methyl sites for hydroxylation is 1. The maximum absolute atomic E-state index is 10.9. The van der Waals surface area contributed by atoms with Gasteiger partial charge < -0.3 is 14.3 Å². The van der Waals surface area contributed by atoms with Gasteiger partial charge in [-0.25, -0.2) is 4.79 Å². The summed E-state index contributed by atoms with van der Waals surface area (Å²) in [5.74, 6) is -0.708. The average molecular weight is 356 g/mol. The maximum atomic E-state index is 10.9. The molecule has 110 valence electrons. The van der Waals surface area contributed by atoms with Crippen molar-refractivity contribution in [3.63, 3.8) is 0 Å². The number of carboxylic acid groups (broad SMARTS) is 1. The van der Waals surface area contributed by atoms with E-state index in [1.165, 1.54) is 18.2 Å². The van der Waals surface area contributed by atoms with Gasteiger partial charge in [0.15, 0.2) is 0 Å². The molecule has 0 aliphatic heterocycles. The first-order valence-corrected chi connectivity index (χ1v) is 6.57. The number of carboxylic acids is 1. The lowest BCUT2D eigenvalue weighted by atomic mass is 10.2. The van der Waals surface area contributed by atoms with E-state index in [9.17, 15) is 14.9 Å². The van der Waals surface area contributed by atoms with Crippen molar-refractivity contribution in [2.75, 3.05) is 0 Å². The van der Waals surface area contributed by atoms with Crippen LogP contribution < -0.4 is 4.74 Å². The number of furan rings is 1. The number of halogens is 1. The SMILES string of the molecule is Cc1cc(COc2cc([N+](=O)[O-])ccc2Br)oc1C(=O)O. The van der Waals surface area contributed by atoms with Crippen molar-refractivity contribution in [1.29, 1.82) is 0 Å². The number of non-ortho nitro benzene ring substituents is 1. The van der Waals surface area contributed by atoms with Gasteiger partial charge in [-0.1, -0.05) is 0 Å². The first kappa shape index (κ1) is 15.0. The third-order valence-electron chi connectivity index (χ3n) is 2.66. The number of nitro groups is 1. The fourth-order valence-corrected chi connectivity index (χ4v) is 2.06. The summed E-state index contributed by atoms with van der Waals surface area (Å²) >= 11 is 3.22. The Morgan fingerprint density at radius 2 is 2.19 bits per heavy atom. The zero-order valence-corrected chi connectivity index (χ0v) is 12.4. The molecule has 0 unspecified atom stereocenters. The number of aromatic carboxylic acids is 1. The van der Waals surface area contributed by atoms with Gasteiger partial charge in [0.2, 0.25) is 5.76 Å². The van der Waals surface area contributed by atoms with E-state index in [0.717, 1.165) is 0 Å². The minimum absolute atomic E-state index is 0.0338. The smallest absolute Gasteiger partial charge is 0.372 e. The zero-order valence-electron chi connectivity index (χ0n) is 10.8. The summed E-state index contributed by atoms with van der Waals surface area (Å²) in [4.78, 5) is 21.0. The summed E-state index contributed by atoms with van der Waals surface area (Å²) in [6, 6.07) is 5.67. The van der Waals surface area contributed by atoms with Crippen LogP contribution in [0.3, 0.4) is 0 Å². The summed E-state index contributed by atoms with van der Waals surface area (Å²) < 4.78 is 11.1. The highest BCUT2D eigenvalue weighted by Gasteiger charge is 2.16. The van der Waals surface area contributed by atoms with Crippen LogP contribution in [0.25, 0.3) is 0 Å². The zero-order chi connectivity index (χ0) is 15.6. The van der Waals surface area contributed by atoms with Gasteiger partial charge in [-0.15, -0.1) is 0 Å². The van der Waals surface area contributed by atoms with E-state index < -0.39 is 10.9 Å².